The first-order chi connectivity index (χ1) is 12.3. The van der Waals surface area contributed by atoms with Crippen molar-refractivity contribution in [3.63, 3.8) is 0 Å². The molecule has 1 N–H and O–H groups in total. The van der Waals surface area contributed by atoms with Crippen LogP contribution in [0.25, 0.3) is 0 Å². The molecule has 0 radical (unpaired) electrons. The first kappa shape index (κ1) is 17.6. The second-order valence-electron chi connectivity index (χ2n) is 7.46. The zero-order valence-corrected chi connectivity index (χ0v) is 14.2. The van der Waals surface area contributed by atoms with Gasteiger partial charge in [-0.15, -0.1) is 0 Å². The number of carbonyl (C=O) groups is 1. The third-order valence-electron chi connectivity index (χ3n) is 5.99. The van der Waals surface area contributed by atoms with E-state index in [1.165, 1.54) is 0 Å². The summed E-state index contributed by atoms with van der Waals surface area (Å²) in [4.78, 5) is 18.9. The van der Waals surface area contributed by atoms with E-state index in [0.29, 0.717) is 18.9 Å². The van der Waals surface area contributed by atoms with Crippen LogP contribution in [-0.2, 0) is 11.0 Å². The highest BCUT2D eigenvalue weighted by Gasteiger charge is 2.46. The van der Waals surface area contributed by atoms with Crippen molar-refractivity contribution < 1.29 is 27.6 Å². The molecule has 26 heavy (non-hydrogen) atoms. The van der Waals surface area contributed by atoms with Crippen LogP contribution < -0.4 is 4.90 Å². The van der Waals surface area contributed by atoms with Gasteiger partial charge >= 0.3 is 18.2 Å². The van der Waals surface area contributed by atoms with Crippen LogP contribution >= 0.6 is 0 Å². The van der Waals surface area contributed by atoms with Gasteiger partial charge in [0.1, 0.15) is 0 Å². The Bertz CT molecular complexity index is 658. The van der Waals surface area contributed by atoms with Gasteiger partial charge in [0, 0.05) is 18.1 Å². The minimum Gasteiger partial charge on any atom is -0.481 e. The number of carboxylic acids is 1. The lowest BCUT2D eigenvalue weighted by atomic mass is 9.91. The maximum atomic E-state index is 12.7. The Morgan fingerprint density at radius 1 is 1.08 bits per heavy atom. The molecule has 0 spiro atoms. The van der Waals surface area contributed by atoms with E-state index < -0.39 is 18.0 Å². The monoisotopic (exact) mass is 374 g/mol. The molecule has 0 aliphatic carbocycles. The van der Waals surface area contributed by atoms with Crippen molar-refractivity contribution >= 4 is 12.0 Å². The predicted octanol–water partition coefficient (Wildman–Crippen LogP) is 2.38. The first-order valence-electron chi connectivity index (χ1n) is 8.99. The lowest BCUT2D eigenvalue weighted by Crippen LogP contribution is -2.52. The maximum absolute atomic E-state index is 12.7. The van der Waals surface area contributed by atoms with Crippen molar-refractivity contribution in [2.75, 3.05) is 18.0 Å². The van der Waals surface area contributed by atoms with Crippen molar-refractivity contribution in [1.29, 1.82) is 0 Å². The van der Waals surface area contributed by atoms with E-state index in [2.05, 4.69) is 15.0 Å². The van der Waals surface area contributed by atoms with Crippen LogP contribution in [0.1, 0.15) is 44.3 Å². The quantitative estimate of drug-likeness (QED) is 0.870. The number of carboxylic acid groups (broad SMARTS) is 1. The van der Waals surface area contributed by atoms with Crippen molar-refractivity contribution in [2.45, 2.75) is 62.8 Å². The molecule has 10 heteroatoms. The number of anilines is 1. The molecule has 2 bridgehead atoms. The number of aliphatic carboxylic acids is 1. The Morgan fingerprint density at radius 2 is 1.69 bits per heavy atom. The molecule has 144 valence electrons. The van der Waals surface area contributed by atoms with Gasteiger partial charge in [0.15, 0.2) is 0 Å². The summed E-state index contributed by atoms with van der Waals surface area (Å²) in [5.74, 6) is -2.22. The second-order valence-corrected chi connectivity index (χ2v) is 7.46. The molecule has 3 aliphatic rings. The number of nitrogens with zero attached hydrogens (tertiary/aromatic N) is 4. The molecule has 3 aliphatic heterocycles. The summed E-state index contributed by atoms with van der Waals surface area (Å²) < 4.78 is 43.1. The maximum Gasteiger partial charge on any atom is 0.455 e. The highest BCUT2D eigenvalue weighted by atomic mass is 19.4. The van der Waals surface area contributed by atoms with E-state index in [0.717, 1.165) is 38.8 Å². The first-order valence-corrected chi connectivity index (χ1v) is 8.99. The molecule has 1 aromatic rings. The smallest absolute Gasteiger partial charge is 0.455 e. The minimum atomic E-state index is -4.60. The number of halogens is 3. The summed E-state index contributed by atoms with van der Waals surface area (Å²) in [5, 5.41) is 12.2. The number of piperidine rings is 2. The lowest BCUT2D eigenvalue weighted by molar-refractivity contribution is -0.146. The molecular weight excluding hydrogens is 353 g/mol. The summed E-state index contributed by atoms with van der Waals surface area (Å²) in [7, 11) is 0. The third-order valence-corrected chi connectivity index (χ3v) is 5.99. The van der Waals surface area contributed by atoms with E-state index in [-0.39, 0.29) is 24.0 Å². The van der Waals surface area contributed by atoms with Crippen molar-refractivity contribution in [1.82, 2.24) is 15.0 Å². The van der Waals surface area contributed by atoms with Crippen LogP contribution in [0.15, 0.2) is 4.52 Å². The Kier molecular flexibility index (Phi) is 4.32. The van der Waals surface area contributed by atoms with Crippen LogP contribution in [0.2, 0.25) is 0 Å². The van der Waals surface area contributed by atoms with Crippen molar-refractivity contribution in [2.24, 2.45) is 5.92 Å². The highest BCUT2D eigenvalue weighted by molar-refractivity contribution is 5.70. The molecule has 0 aromatic carbocycles. The van der Waals surface area contributed by atoms with E-state index >= 15 is 0 Å². The molecule has 0 amide bonds. The fourth-order valence-corrected chi connectivity index (χ4v) is 4.71. The molecule has 1 aromatic heterocycles. The van der Waals surface area contributed by atoms with Gasteiger partial charge < -0.3 is 19.4 Å². The predicted molar refractivity (Wildman–Crippen MR) is 83.5 cm³/mol. The molecule has 3 saturated heterocycles. The summed E-state index contributed by atoms with van der Waals surface area (Å²) in [6, 6.07) is 0.492. The van der Waals surface area contributed by atoms with Crippen LogP contribution in [0, 0.1) is 5.92 Å². The summed E-state index contributed by atoms with van der Waals surface area (Å²) >= 11 is 0. The fraction of sp³-hybridized carbons (Fsp3) is 0.812. The van der Waals surface area contributed by atoms with Gasteiger partial charge in [0.2, 0.25) is 0 Å². The normalized spacial score (nSPS) is 30.7. The minimum absolute atomic E-state index is 0.0344. The van der Waals surface area contributed by atoms with Gasteiger partial charge in [-0.2, -0.15) is 18.2 Å². The number of aromatic nitrogens is 2. The Hall–Kier alpha value is -1.84. The average molecular weight is 374 g/mol. The van der Waals surface area contributed by atoms with Gasteiger partial charge in [-0.05, 0) is 56.8 Å². The number of likely N-dealkylation sites (tertiary alicyclic amines) is 1. The fourth-order valence-electron chi connectivity index (χ4n) is 4.71. The number of rotatable bonds is 3. The zero-order valence-electron chi connectivity index (χ0n) is 14.2. The van der Waals surface area contributed by atoms with Crippen LogP contribution in [0.3, 0.4) is 0 Å². The molecule has 0 unspecified atom stereocenters. The standard InChI is InChI=1S/C16H21F3N4O3/c17-16(18,19)14-20-15(26-21-14)23-10-1-2-11(23)8-12(7-10)22-5-3-9(4-6-22)13(24)25/h9-12H,1-8H2,(H,24,25)/t10-,11+,12+. The molecule has 0 saturated carbocycles. The molecule has 3 atom stereocenters. The Morgan fingerprint density at radius 3 is 2.19 bits per heavy atom. The van der Waals surface area contributed by atoms with Gasteiger partial charge in [0.05, 0.1) is 5.92 Å². The molecule has 3 fully saturated rings. The number of hydrogen-bond acceptors (Lipinski definition) is 6. The second kappa shape index (κ2) is 6.40. The number of hydrogen-bond donors (Lipinski definition) is 1. The van der Waals surface area contributed by atoms with Crippen molar-refractivity contribution in [3.8, 4) is 0 Å². The van der Waals surface area contributed by atoms with E-state index in [1.54, 1.807) is 0 Å². The van der Waals surface area contributed by atoms with Crippen LogP contribution in [0.5, 0.6) is 0 Å². The molecular formula is C16H21F3N4O3. The zero-order chi connectivity index (χ0) is 18.5. The van der Waals surface area contributed by atoms with Gasteiger partial charge in [-0.1, -0.05) is 0 Å². The van der Waals surface area contributed by atoms with Crippen LogP contribution in [0.4, 0.5) is 19.2 Å². The number of alkyl halides is 3. The van der Waals surface area contributed by atoms with Gasteiger partial charge in [-0.25, -0.2) is 0 Å². The molecule has 4 heterocycles. The molecule has 4 rings (SSSR count). The average Bonchev–Trinajstić information content (AvgIpc) is 3.17. The largest absolute Gasteiger partial charge is 0.481 e. The lowest BCUT2D eigenvalue weighted by Gasteiger charge is -2.44. The van der Waals surface area contributed by atoms with E-state index in [9.17, 15) is 18.0 Å². The summed E-state index contributed by atoms with van der Waals surface area (Å²) in [6.07, 6.45) is 0.170. The number of fused-ring (bicyclic) bond motifs is 2. The topological polar surface area (TPSA) is 82.7 Å². The van der Waals surface area contributed by atoms with E-state index in [1.807, 2.05) is 4.90 Å². The highest BCUT2D eigenvalue weighted by Crippen LogP contribution is 2.41. The van der Waals surface area contributed by atoms with Gasteiger partial charge in [-0.3, -0.25) is 4.79 Å². The van der Waals surface area contributed by atoms with E-state index in [4.69, 9.17) is 9.63 Å². The van der Waals surface area contributed by atoms with Gasteiger partial charge in [0.25, 0.3) is 5.82 Å². The SMILES string of the molecule is O=C(O)C1CCN([C@H]2C[C@H]3CC[C@@H](C2)N3c2nc(C(F)(F)F)no2)CC1. The Labute approximate surface area is 148 Å². The third kappa shape index (κ3) is 3.15. The summed E-state index contributed by atoms with van der Waals surface area (Å²) in [5.41, 5.74) is 0. The summed E-state index contributed by atoms with van der Waals surface area (Å²) in [6.45, 7) is 1.53. The molecule has 7 nitrogen and oxygen atoms in total. The van der Waals surface area contributed by atoms with Crippen LogP contribution in [-0.4, -0.2) is 57.3 Å². The van der Waals surface area contributed by atoms with Crippen molar-refractivity contribution in [3.05, 3.63) is 5.82 Å². The Balaban J connectivity index is 1.42.